The van der Waals surface area contributed by atoms with Crippen molar-refractivity contribution in [2.45, 2.75) is 25.8 Å². The Hall–Kier alpha value is -0.740. The SMILES string of the molecule is CC(CCCO)Nc1ccc(Br)cc1N. The number of benzene rings is 1. The predicted octanol–water partition coefficient (Wildman–Crippen LogP) is 2.60. The van der Waals surface area contributed by atoms with Gasteiger partial charge in [0.15, 0.2) is 0 Å². The van der Waals surface area contributed by atoms with Gasteiger partial charge in [0.1, 0.15) is 0 Å². The Bertz CT molecular complexity index is 317. The number of hydrogen-bond donors (Lipinski definition) is 3. The van der Waals surface area contributed by atoms with Gasteiger partial charge in [-0.15, -0.1) is 0 Å². The number of nitrogens with two attached hydrogens (primary N) is 1. The largest absolute Gasteiger partial charge is 0.397 e. The Kier molecular flexibility index (Phi) is 4.91. The summed E-state index contributed by atoms with van der Waals surface area (Å²) in [5.74, 6) is 0. The minimum absolute atomic E-state index is 0.238. The van der Waals surface area contributed by atoms with Crippen LogP contribution in [0.25, 0.3) is 0 Å². The van der Waals surface area contributed by atoms with Crippen molar-refractivity contribution in [1.82, 2.24) is 0 Å². The molecule has 0 saturated heterocycles. The van der Waals surface area contributed by atoms with Gasteiger partial charge in [0.25, 0.3) is 0 Å². The molecule has 1 atom stereocenters. The number of nitrogens with one attached hydrogen (secondary N) is 1. The van der Waals surface area contributed by atoms with Crippen LogP contribution in [0.1, 0.15) is 19.8 Å². The first-order valence-electron chi connectivity index (χ1n) is 5.06. The molecule has 1 rings (SSSR count). The molecule has 0 aliphatic heterocycles. The van der Waals surface area contributed by atoms with Crippen LogP contribution < -0.4 is 11.1 Å². The van der Waals surface area contributed by atoms with E-state index in [4.69, 9.17) is 10.8 Å². The number of hydrogen-bond acceptors (Lipinski definition) is 3. The van der Waals surface area contributed by atoms with Crippen LogP contribution in [0.3, 0.4) is 0 Å². The average Bonchev–Trinajstić information content (AvgIpc) is 2.19. The summed E-state index contributed by atoms with van der Waals surface area (Å²) in [7, 11) is 0. The van der Waals surface area contributed by atoms with Gasteiger partial charge in [0, 0.05) is 17.1 Å². The van der Waals surface area contributed by atoms with Crippen LogP contribution in [0.2, 0.25) is 0 Å². The van der Waals surface area contributed by atoms with E-state index in [2.05, 4.69) is 28.2 Å². The first kappa shape index (κ1) is 12.3. The summed E-state index contributed by atoms with van der Waals surface area (Å²) >= 11 is 3.36. The van der Waals surface area contributed by atoms with Crippen molar-refractivity contribution < 1.29 is 5.11 Å². The van der Waals surface area contributed by atoms with E-state index in [0.29, 0.717) is 6.04 Å². The number of halogens is 1. The highest BCUT2D eigenvalue weighted by Crippen LogP contribution is 2.24. The van der Waals surface area contributed by atoms with Gasteiger partial charge in [0.2, 0.25) is 0 Å². The molecule has 0 amide bonds. The molecule has 4 heteroatoms. The molecule has 1 aromatic carbocycles. The standard InChI is InChI=1S/C11H17BrN2O/c1-8(3-2-6-15)14-11-5-4-9(12)7-10(11)13/h4-5,7-8,14-15H,2-3,6,13H2,1H3. The predicted molar refractivity (Wildman–Crippen MR) is 68.0 cm³/mol. The van der Waals surface area contributed by atoms with Gasteiger partial charge in [-0.05, 0) is 38.0 Å². The van der Waals surface area contributed by atoms with E-state index in [1.165, 1.54) is 0 Å². The van der Waals surface area contributed by atoms with E-state index >= 15 is 0 Å². The summed E-state index contributed by atoms with van der Waals surface area (Å²) in [6.45, 7) is 2.32. The first-order valence-corrected chi connectivity index (χ1v) is 5.85. The van der Waals surface area contributed by atoms with Gasteiger partial charge in [-0.1, -0.05) is 15.9 Å². The molecular formula is C11H17BrN2O. The average molecular weight is 273 g/mol. The second kappa shape index (κ2) is 5.98. The Morgan fingerprint density at radius 1 is 1.53 bits per heavy atom. The normalized spacial score (nSPS) is 12.5. The van der Waals surface area contributed by atoms with Gasteiger partial charge in [-0.3, -0.25) is 0 Å². The van der Waals surface area contributed by atoms with Crippen LogP contribution in [0, 0.1) is 0 Å². The molecule has 0 radical (unpaired) electrons. The van der Waals surface area contributed by atoms with Gasteiger partial charge in [-0.2, -0.15) is 0 Å². The second-order valence-electron chi connectivity index (χ2n) is 3.64. The monoisotopic (exact) mass is 272 g/mol. The van der Waals surface area contributed by atoms with E-state index in [0.717, 1.165) is 28.7 Å². The fourth-order valence-electron chi connectivity index (χ4n) is 1.40. The van der Waals surface area contributed by atoms with Crippen molar-refractivity contribution in [2.24, 2.45) is 0 Å². The lowest BCUT2D eigenvalue weighted by Gasteiger charge is -2.16. The van der Waals surface area contributed by atoms with Crippen LogP contribution in [0.15, 0.2) is 22.7 Å². The summed E-state index contributed by atoms with van der Waals surface area (Å²) in [5, 5.41) is 12.0. The molecule has 1 unspecified atom stereocenters. The van der Waals surface area contributed by atoms with E-state index in [1.807, 2.05) is 18.2 Å². The van der Waals surface area contributed by atoms with Gasteiger partial charge in [0.05, 0.1) is 11.4 Å². The van der Waals surface area contributed by atoms with Crippen LogP contribution in [0.4, 0.5) is 11.4 Å². The molecule has 0 aromatic heterocycles. The maximum absolute atomic E-state index is 8.71. The second-order valence-corrected chi connectivity index (χ2v) is 4.56. The minimum Gasteiger partial charge on any atom is -0.397 e. The Morgan fingerprint density at radius 3 is 2.87 bits per heavy atom. The molecule has 0 heterocycles. The zero-order valence-electron chi connectivity index (χ0n) is 8.83. The van der Waals surface area contributed by atoms with E-state index < -0.39 is 0 Å². The van der Waals surface area contributed by atoms with Crippen molar-refractivity contribution in [3.8, 4) is 0 Å². The molecule has 15 heavy (non-hydrogen) atoms. The molecule has 0 saturated carbocycles. The summed E-state index contributed by atoms with van der Waals surface area (Å²) in [5.41, 5.74) is 7.54. The third-order valence-electron chi connectivity index (χ3n) is 2.21. The van der Waals surface area contributed by atoms with Crippen molar-refractivity contribution in [2.75, 3.05) is 17.7 Å². The van der Waals surface area contributed by atoms with Crippen molar-refractivity contribution in [3.63, 3.8) is 0 Å². The van der Waals surface area contributed by atoms with Crippen LogP contribution in [-0.4, -0.2) is 17.8 Å². The zero-order valence-corrected chi connectivity index (χ0v) is 10.4. The van der Waals surface area contributed by atoms with Crippen molar-refractivity contribution in [3.05, 3.63) is 22.7 Å². The topological polar surface area (TPSA) is 58.3 Å². The van der Waals surface area contributed by atoms with Gasteiger partial charge >= 0.3 is 0 Å². The lowest BCUT2D eigenvalue weighted by atomic mass is 10.1. The van der Waals surface area contributed by atoms with Crippen LogP contribution in [-0.2, 0) is 0 Å². The molecule has 0 fully saturated rings. The molecular weight excluding hydrogens is 256 g/mol. The Balaban J connectivity index is 2.56. The highest BCUT2D eigenvalue weighted by Gasteiger charge is 2.04. The van der Waals surface area contributed by atoms with Gasteiger partial charge < -0.3 is 16.2 Å². The number of nitrogen functional groups attached to an aromatic ring is 1. The maximum Gasteiger partial charge on any atom is 0.0576 e. The van der Waals surface area contributed by atoms with Crippen LogP contribution in [0.5, 0.6) is 0 Å². The number of anilines is 2. The molecule has 4 N–H and O–H groups in total. The highest BCUT2D eigenvalue weighted by atomic mass is 79.9. The lowest BCUT2D eigenvalue weighted by Crippen LogP contribution is -2.16. The quantitative estimate of drug-likeness (QED) is 0.723. The minimum atomic E-state index is 0.238. The smallest absolute Gasteiger partial charge is 0.0576 e. The summed E-state index contributed by atoms with van der Waals surface area (Å²) in [4.78, 5) is 0. The van der Waals surface area contributed by atoms with Crippen molar-refractivity contribution in [1.29, 1.82) is 0 Å². The number of rotatable bonds is 5. The molecule has 84 valence electrons. The number of aliphatic hydroxyl groups is 1. The first-order chi connectivity index (χ1) is 7.13. The van der Waals surface area contributed by atoms with Gasteiger partial charge in [-0.25, -0.2) is 0 Å². The molecule has 0 aliphatic rings. The zero-order chi connectivity index (χ0) is 11.3. The van der Waals surface area contributed by atoms with E-state index in [-0.39, 0.29) is 6.61 Å². The Labute approximate surface area is 98.8 Å². The molecule has 0 bridgehead atoms. The third-order valence-corrected chi connectivity index (χ3v) is 2.70. The molecule has 1 aromatic rings. The summed E-state index contributed by atoms with van der Waals surface area (Å²) in [6.07, 6.45) is 1.75. The van der Waals surface area contributed by atoms with E-state index in [9.17, 15) is 0 Å². The summed E-state index contributed by atoms with van der Waals surface area (Å²) < 4.78 is 0.980. The van der Waals surface area contributed by atoms with E-state index in [1.54, 1.807) is 0 Å². The fraction of sp³-hybridized carbons (Fsp3) is 0.455. The van der Waals surface area contributed by atoms with Crippen molar-refractivity contribution >= 4 is 27.3 Å². The lowest BCUT2D eigenvalue weighted by molar-refractivity contribution is 0.282. The highest BCUT2D eigenvalue weighted by molar-refractivity contribution is 9.10. The number of aliphatic hydroxyl groups excluding tert-OH is 1. The van der Waals surface area contributed by atoms with Crippen LogP contribution >= 0.6 is 15.9 Å². The maximum atomic E-state index is 8.71. The Morgan fingerprint density at radius 2 is 2.27 bits per heavy atom. The third kappa shape index (κ3) is 4.10. The molecule has 0 spiro atoms. The molecule has 3 nitrogen and oxygen atoms in total. The fourth-order valence-corrected chi connectivity index (χ4v) is 1.78. The summed E-state index contributed by atoms with van der Waals surface area (Å²) in [6, 6.07) is 6.11. The molecule has 0 aliphatic carbocycles.